The molecule has 0 radical (unpaired) electrons. The third-order valence-corrected chi connectivity index (χ3v) is 2.27. The van der Waals surface area contributed by atoms with E-state index in [4.69, 9.17) is 20.6 Å². The number of hydrogen-bond donors (Lipinski definition) is 4. The molecule has 9 heteroatoms. The second-order valence-corrected chi connectivity index (χ2v) is 3.91. The fourth-order valence-corrected chi connectivity index (χ4v) is 1.09. The molecule has 0 fully saturated rings. The van der Waals surface area contributed by atoms with E-state index in [1.807, 2.05) is 13.8 Å². The first-order valence-electron chi connectivity index (χ1n) is 6.32. The fourth-order valence-electron chi connectivity index (χ4n) is 1.09. The normalized spacial score (nSPS) is 11.0. The molecule has 126 valence electrons. The topological polar surface area (TPSA) is 140 Å². The van der Waals surface area contributed by atoms with Crippen molar-refractivity contribution < 1.29 is 46.7 Å². The minimum absolute atomic E-state index is 0. The van der Waals surface area contributed by atoms with Crippen molar-refractivity contribution in [1.82, 2.24) is 0 Å². The molecule has 0 aliphatic rings. The van der Waals surface area contributed by atoms with Crippen LogP contribution in [0.15, 0.2) is 10.3 Å². The number of carboxylic acid groups (broad SMARTS) is 2. The van der Waals surface area contributed by atoms with Crippen LogP contribution in [0.2, 0.25) is 0 Å². The van der Waals surface area contributed by atoms with Crippen LogP contribution >= 0.6 is 0 Å². The van der Waals surface area contributed by atoms with Gasteiger partial charge in [-0.1, -0.05) is 37.0 Å². The monoisotopic (exact) mass is 348 g/mol. The Bertz CT molecular complexity index is 324. The summed E-state index contributed by atoms with van der Waals surface area (Å²) in [6.45, 7) is 3.88. The molecule has 0 aliphatic carbocycles. The van der Waals surface area contributed by atoms with Gasteiger partial charge in [-0.2, -0.15) is 0 Å². The summed E-state index contributed by atoms with van der Waals surface area (Å²) in [5.74, 6) is -2.29. The first kappa shape index (κ1) is 24.4. The van der Waals surface area contributed by atoms with Crippen LogP contribution < -0.4 is 0 Å². The molecule has 0 spiro atoms. The molecule has 0 aromatic carbocycles. The number of aliphatic carboxylic acids is 2. The summed E-state index contributed by atoms with van der Waals surface area (Å²) < 4.78 is 0. The van der Waals surface area contributed by atoms with Gasteiger partial charge >= 0.3 is 11.9 Å². The summed E-state index contributed by atoms with van der Waals surface area (Å²) in [4.78, 5) is 20.3. The molecule has 21 heavy (non-hydrogen) atoms. The number of nitrogens with zero attached hydrogens (tertiary/aromatic N) is 2. The second-order valence-electron chi connectivity index (χ2n) is 3.91. The number of unbranched alkanes of at least 4 members (excludes halogenated alkanes) is 2. The molecule has 0 aliphatic heterocycles. The number of oxime groups is 2. The van der Waals surface area contributed by atoms with E-state index in [0.29, 0.717) is 12.8 Å². The summed E-state index contributed by atoms with van der Waals surface area (Å²) in [6, 6.07) is 0. The van der Waals surface area contributed by atoms with Crippen molar-refractivity contribution in [2.75, 3.05) is 0 Å². The van der Waals surface area contributed by atoms with Crippen LogP contribution in [0.25, 0.3) is 0 Å². The third-order valence-electron chi connectivity index (χ3n) is 2.27. The van der Waals surface area contributed by atoms with E-state index in [1.165, 1.54) is 0 Å². The molecule has 0 heterocycles. The third kappa shape index (κ3) is 14.6. The smallest absolute Gasteiger partial charge is 0.353 e. The average Bonchev–Trinajstić information content (AvgIpc) is 2.40. The van der Waals surface area contributed by atoms with Crippen molar-refractivity contribution in [3.8, 4) is 0 Å². The molecule has 0 aromatic heterocycles. The molecule has 0 aromatic rings. The van der Waals surface area contributed by atoms with Crippen LogP contribution in [0.1, 0.15) is 52.4 Å². The van der Waals surface area contributed by atoms with Crippen LogP contribution in [0.4, 0.5) is 0 Å². The Morgan fingerprint density at radius 2 is 1.10 bits per heavy atom. The number of carbonyl (C=O) groups is 2. The van der Waals surface area contributed by atoms with Crippen LogP contribution in [-0.2, 0) is 26.1 Å². The summed E-state index contributed by atoms with van der Waals surface area (Å²) in [7, 11) is 0. The van der Waals surface area contributed by atoms with Gasteiger partial charge in [-0.3, -0.25) is 0 Å². The summed E-state index contributed by atoms with van der Waals surface area (Å²) in [5.41, 5.74) is -0.330. The van der Waals surface area contributed by atoms with Crippen molar-refractivity contribution in [3.05, 3.63) is 0 Å². The Kier molecular flexibility index (Phi) is 19.1. The molecule has 0 unspecified atom stereocenters. The average molecular weight is 349 g/mol. The van der Waals surface area contributed by atoms with Gasteiger partial charge < -0.3 is 20.6 Å². The van der Waals surface area contributed by atoms with Gasteiger partial charge in [0.1, 0.15) is 0 Å². The van der Waals surface area contributed by atoms with Gasteiger partial charge in [-0.15, -0.1) is 0 Å². The molecule has 8 nitrogen and oxygen atoms in total. The van der Waals surface area contributed by atoms with E-state index in [1.54, 1.807) is 0 Å². The van der Waals surface area contributed by atoms with Crippen molar-refractivity contribution >= 4 is 23.4 Å². The molecule has 0 rings (SSSR count). The number of hydrogen-bond acceptors (Lipinski definition) is 6. The van der Waals surface area contributed by atoms with E-state index in [2.05, 4.69) is 10.3 Å². The maximum atomic E-state index is 10.1. The molecule has 0 saturated heterocycles. The standard InChI is InChI=1S/2C6H11NO3.Ni/c2*1-2-3-4-5(7-10)6(8)9;/h2*10H,2-4H2,1H3,(H,8,9);/b2*7-5-;. The number of rotatable bonds is 8. The van der Waals surface area contributed by atoms with Crippen molar-refractivity contribution in [2.45, 2.75) is 52.4 Å². The molecule has 0 bridgehead atoms. The van der Waals surface area contributed by atoms with E-state index >= 15 is 0 Å². The van der Waals surface area contributed by atoms with Gasteiger partial charge in [-0.25, -0.2) is 9.59 Å². The summed E-state index contributed by atoms with van der Waals surface area (Å²) >= 11 is 0. The largest absolute Gasteiger partial charge is 0.477 e. The second kappa shape index (κ2) is 16.4. The summed E-state index contributed by atoms with van der Waals surface area (Å²) in [6.07, 6.45) is 3.95. The first-order chi connectivity index (χ1) is 9.44. The van der Waals surface area contributed by atoms with Crippen LogP contribution in [-0.4, -0.2) is 44.0 Å². The zero-order valence-corrected chi connectivity index (χ0v) is 13.0. The summed E-state index contributed by atoms with van der Waals surface area (Å²) in [5, 5.41) is 38.2. The first-order valence-corrected chi connectivity index (χ1v) is 6.32. The maximum absolute atomic E-state index is 10.1. The molecule has 4 N–H and O–H groups in total. The van der Waals surface area contributed by atoms with E-state index < -0.39 is 11.9 Å². The van der Waals surface area contributed by atoms with Crippen LogP contribution in [0.5, 0.6) is 0 Å². The van der Waals surface area contributed by atoms with Gasteiger partial charge in [0.15, 0.2) is 11.4 Å². The number of carboxylic acids is 2. The Hall–Kier alpha value is -1.63. The van der Waals surface area contributed by atoms with Crippen LogP contribution in [0.3, 0.4) is 0 Å². The SMILES string of the molecule is CCCC/C(=N/O)C(=O)O.CCCC/C(=N/O)C(=O)O.[Ni]. The fraction of sp³-hybridized carbons (Fsp3) is 0.667. The van der Waals surface area contributed by atoms with E-state index in [0.717, 1.165) is 25.7 Å². The molecular formula is C12H22N2NiO6. The Balaban J connectivity index is -0.000000295. The van der Waals surface area contributed by atoms with E-state index in [-0.39, 0.29) is 27.9 Å². The van der Waals surface area contributed by atoms with Gasteiger partial charge in [-0.05, 0) is 12.8 Å². The van der Waals surface area contributed by atoms with Gasteiger partial charge in [0, 0.05) is 29.3 Å². The predicted molar refractivity (Wildman–Crippen MR) is 72.8 cm³/mol. The molecule has 0 amide bonds. The molecule has 0 saturated carbocycles. The minimum Gasteiger partial charge on any atom is -0.477 e. The van der Waals surface area contributed by atoms with Crippen molar-refractivity contribution in [1.29, 1.82) is 0 Å². The van der Waals surface area contributed by atoms with Crippen molar-refractivity contribution in [2.24, 2.45) is 10.3 Å². The maximum Gasteiger partial charge on any atom is 0.353 e. The minimum atomic E-state index is -1.14. The quantitative estimate of drug-likeness (QED) is 0.229. The Morgan fingerprint density at radius 3 is 1.24 bits per heavy atom. The zero-order valence-electron chi connectivity index (χ0n) is 12.1. The van der Waals surface area contributed by atoms with Crippen molar-refractivity contribution in [3.63, 3.8) is 0 Å². The van der Waals surface area contributed by atoms with Gasteiger partial charge in [0.05, 0.1) is 0 Å². The Morgan fingerprint density at radius 1 is 0.810 bits per heavy atom. The zero-order chi connectivity index (χ0) is 16.0. The van der Waals surface area contributed by atoms with Gasteiger partial charge in [0.2, 0.25) is 0 Å². The van der Waals surface area contributed by atoms with Crippen LogP contribution in [0, 0.1) is 0 Å². The molecular weight excluding hydrogens is 327 g/mol. The molecule has 0 atom stereocenters. The predicted octanol–water partition coefficient (Wildman–Crippen LogP) is 2.18. The van der Waals surface area contributed by atoms with Gasteiger partial charge in [0.25, 0.3) is 0 Å². The van der Waals surface area contributed by atoms with E-state index in [9.17, 15) is 9.59 Å². The Labute approximate surface area is 133 Å².